The normalized spacial score (nSPS) is 12.0. The van der Waals surface area contributed by atoms with Crippen LogP contribution < -0.4 is 5.32 Å². The molecule has 0 aliphatic carbocycles. The lowest BCUT2D eigenvalue weighted by atomic mass is 10.1. The third-order valence-electron chi connectivity index (χ3n) is 4.58. The van der Waals surface area contributed by atoms with Crippen LogP contribution in [0, 0.1) is 20.8 Å². The van der Waals surface area contributed by atoms with Crippen molar-refractivity contribution in [3.63, 3.8) is 0 Å². The van der Waals surface area contributed by atoms with Crippen LogP contribution >= 0.6 is 0 Å². The highest BCUT2D eigenvalue weighted by atomic mass is 16.1. The van der Waals surface area contributed by atoms with Crippen LogP contribution in [0.4, 0.5) is 0 Å². The molecule has 2 aromatic carbocycles. The molecule has 0 saturated heterocycles. The lowest BCUT2D eigenvalue weighted by Gasteiger charge is -2.15. The van der Waals surface area contributed by atoms with Crippen LogP contribution in [0.25, 0.3) is 0 Å². The topological polar surface area (TPSA) is 46.9 Å². The van der Waals surface area contributed by atoms with Gasteiger partial charge in [0.05, 0.1) is 18.3 Å². The zero-order valence-corrected chi connectivity index (χ0v) is 15.8. The largest absolute Gasteiger partial charge is 0.346 e. The number of carbonyl (C=O) groups is 1. The second-order valence-corrected chi connectivity index (χ2v) is 6.89. The third kappa shape index (κ3) is 4.20. The molecule has 134 valence electrons. The van der Waals surface area contributed by atoms with E-state index in [1.807, 2.05) is 49.7 Å². The Morgan fingerprint density at radius 1 is 1.04 bits per heavy atom. The van der Waals surface area contributed by atoms with Crippen molar-refractivity contribution in [3.8, 4) is 0 Å². The summed E-state index contributed by atoms with van der Waals surface area (Å²) < 4.78 is 1.98. The van der Waals surface area contributed by atoms with Crippen molar-refractivity contribution < 1.29 is 4.79 Å². The van der Waals surface area contributed by atoms with Crippen LogP contribution in [0.15, 0.2) is 54.6 Å². The number of hydrogen-bond donors (Lipinski definition) is 1. The lowest BCUT2D eigenvalue weighted by molar-refractivity contribution is 0.0940. The second kappa shape index (κ2) is 7.56. The summed E-state index contributed by atoms with van der Waals surface area (Å²) >= 11 is 0. The van der Waals surface area contributed by atoms with E-state index >= 15 is 0 Å². The van der Waals surface area contributed by atoms with E-state index in [0.717, 1.165) is 22.5 Å². The Morgan fingerprint density at radius 3 is 2.27 bits per heavy atom. The summed E-state index contributed by atoms with van der Waals surface area (Å²) in [5.41, 5.74) is 6.26. The molecule has 0 fully saturated rings. The number of aromatic nitrogens is 2. The monoisotopic (exact) mass is 347 g/mol. The Labute approximate surface area is 154 Å². The molecule has 1 N–H and O–H groups in total. The van der Waals surface area contributed by atoms with Crippen LogP contribution in [-0.2, 0) is 6.54 Å². The minimum absolute atomic E-state index is 0.0301. The molecule has 3 rings (SSSR count). The zero-order valence-electron chi connectivity index (χ0n) is 15.8. The second-order valence-electron chi connectivity index (χ2n) is 6.89. The molecule has 1 amide bonds. The highest BCUT2D eigenvalue weighted by Crippen LogP contribution is 2.15. The van der Waals surface area contributed by atoms with E-state index in [1.165, 1.54) is 5.56 Å². The summed E-state index contributed by atoms with van der Waals surface area (Å²) in [5, 5.41) is 7.54. The van der Waals surface area contributed by atoms with E-state index in [1.54, 1.807) is 0 Å². The van der Waals surface area contributed by atoms with Gasteiger partial charge in [0.1, 0.15) is 0 Å². The van der Waals surface area contributed by atoms with Crippen molar-refractivity contribution in [3.05, 3.63) is 88.2 Å². The van der Waals surface area contributed by atoms with Crippen molar-refractivity contribution in [2.45, 2.75) is 40.3 Å². The molecule has 4 heteroatoms. The Balaban J connectivity index is 1.65. The van der Waals surface area contributed by atoms with Crippen LogP contribution in [0.5, 0.6) is 0 Å². The predicted molar refractivity (Wildman–Crippen MR) is 104 cm³/mol. The Kier molecular flexibility index (Phi) is 5.21. The van der Waals surface area contributed by atoms with Gasteiger partial charge >= 0.3 is 0 Å². The summed E-state index contributed by atoms with van der Waals surface area (Å²) in [6, 6.07) is 18.0. The number of aryl methyl sites for hydroxylation is 3. The lowest BCUT2D eigenvalue weighted by Crippen LogP contribution is -2.26. The number of nitrogens with one attached hydrogen (secondary N) is 1. The number of benzene rings is 2. The first-order valence-corrected chi connectivity index (χ1v) is 8.90. The van der Waals surface area contributed by atoms with E-state index < -0.39 is 0 Å². The van der Waals surface area contributed by atoms with Crippen molar-refractivity contribution in [2.24, 2.45) is 0 Å². The summed E-state index contributed by atoms with van der Waals surface area (Å²) in [6.45, 7) is 8.81. The van der Waals surface area contributed by atoms with Crippen LogP contribution in [0.1, 0.15) is 51.4 Å². The molecule has 1 aromatic heterocycles. The molecule has 0 radical (unpaired) electrons. The van der Waals surface area contributed by atoms with E-state index in [9.17, 15) is 4.79 Å². The minimum atomic E-state index is -0.0595. The first-order valence-electron chi connectivity index (χ1n) is 8.90. The highest BCUT2D eigenvalue weighted by molar-refractivity contribution is 5.94. The molecule has 4 nitrogen and oxygen atoms in total. The average molecular weight is 347 g/mol. The summed E-state index contributed by atoms with van der Waals surface area (Å²) in [4.78, 5) is 12.5. The van der Waals surface area contributed by atoms with Gasteiger partial charge in [0.25, 0.3) is 5.91 Å². The maximum Gasteiger partial charge on any atom is 0.251 e. The maximum absolute atomic E-state index is 12.5. The zero-order chi connectivity index (χ0) is 18.7. The summed E-state index contributed by atoms with van der Waals surface area (Å²) in [7, 11) is 0. The number of rotatable bonds is 5. The van der Waals surface area contributed by atoms with Crippen molar-refractivity contribution in [2.75, 3.05) is 0 Å². The quantitative estimate of drug-likeness (QED) is 0.746. The molecular weight excluding hydrogens is 322 g/mol. The Bertz CT molecular complexity index is 892. The van der Waals surface area contributed by atoms with Gasteiger partial charge in [-0.3, -0.25) is 9.48 Å². The van der Waals surface area contributed by atoms with Crippen LogP contribution in [0.3, 0.4) is 0 Å². The van der Waals surface area contributed by atoms with Crippen LogP contribution in [0.2, 0.25) is 0 Å². The van der Waals surface area contributed by atoms with Gasteiger partial charge in [-0.15, -0.1) is 0 Å². The number of nitrogens with zero attached hydrogens (tertiary/aromatic N) is 2. The summed E-state index contributed by atoms with van der Waals surface area (Å²) in [6.07, 6.45) is 0. The van der Waals surface area contributed by atoms with Crippen molar-refractivity contribution in [1.29, 1.82) is 0 Å². The molecule has 0 aliphatic rings. The van der Waals surface area contributed by atoms with Gasteiger partial charge in [-0.1, -0.05) is 42.0 Å². The number of hydrogen-bond acceptors (Lipinski definition) is 2. The average Bonchev–Trinajstić information content (AvgIpc) is 2.93. The first kappa shape index (κ1) is 17.9. The van der Waals surface area contributed by atoms with E-state index in [4.69, 9.17) is 0 Å². The van der Waals surface area contributed by atoms with Gasteiger partial charge < -0.3 is 5.32 Å². The van der Waals surface area contributed by atoms with E-state index in [0.29, 0.717) is 12.1 Å². The first-order chi connectivity index (χ1) is 12.4. The molecule has 1 atom stereocenters. The molecule has 1 heterocycles. The van der Waals surface area contributed by atoms with Gasteiger partial charge in [0, 0.05) is 11.3 Å². The third-order valence-corrected chi connectivity index (χ3v) is 4.58. The molecule has 0 unspecified atom stereocenters. The van der Waals surface area contributed by atoms with Gasteiger partial charge in [0.15, 0.2) is 0 Å². The highest BCUT2D eigenvalue weighted by Gasteiger charge is 2.11. The molecule has 0 bridgehead atoms. The van der Waals surface area contributed by atoms with Gasteiger partial charge in [-0.25, -0.2) is 0 Å². The van der Waals surface area contributed by atoms with Gasteiger partial charge in [-0.2, -0.15) is 5.10 Å². The standard InChI is InChI=1S/C22H25N3O/c1-15-5-9-20(10-6-15)18(4)23-22(26)21-11-7-19(8-12-21)14-25-17(3)13-16(2)24-25/h5-13,18H,14H2,1-4H3,(H,23,26)/t18-/m0/s1. The van der Waals surface area contributed by atoms with Gasteiger partial charge in [0.2, 0.25) is 0 Å². The van der Waals surface area contributed by atoms with Crippen molar-refractivity contribution >= 4 is 5.91 Å². The minimum Gasteiger partial charge on any atom is -0.346 e. The fourth-order valence-corrected chi connectivity index (χ4v) is 2.99. The molecule has 0 saturated carbocycles. The molecular formula is C22H25N3O. The molecule has 3 aromatic rings. The maximum atomic E-state index is 12.5. The smallest absolute Gasteiger partial charge is 0.251 e. The van der Waals surface area contributed by atoms with E-state index in [2.05, 4.69) is 47.7 Å². The predicted octanol–water partition coefficient (Wildman–Crippen LogP) is 4.35. The molecule has 26 heavy (non-hydrogen) atoms. The fraction of sp³-hybridized carbons (Fsp3) is 0.273. The fourth-order valence-electron chi connectivity index (χ4n) is 2.99. The molecule has 0 aliphatic heterocycles. The number of carbonyl (C=O) groups excluding carboxylic acids is 1. The van der Waals surface area contributed by atoms with E-state index in [-0.39, 0.29) is 11.9 Å². The Morgan fingerprint density at radius 2 is 1.69 bits per heavy atom. The number of amides is 1. The van der Waals surface area contributed by atoms with Crippen LogP contribution in [-0.4, -0.2) is 15.7 Å². The molecule has 0 spiro atoms. The SMILES string of the molecule is Cc1ccc([C@H](C)NC(=O)c2ccc(Cn3nc(C)cc3C)cc2)cc1. The van der Waals surface area contributed by atoms with Crippen molar-refractivity contribution in [1.82, 2.24) is 15.1 Å². The Hall–Kier alpha value is -2.88. The summed E-state index contributed by atoms with van der Waals surface area (Å²) in [5.74, 6) is -0.0595. The van der Waals surface area contributed by atoms with Gasteiger partial charge in [-0.05, 0) is 57.0 Å².